The summed E-state index contributed by atoms with van der Waals surface area (Å²) in [6, 6.07) is 0. The minimum Gasteiger partial charge on any atom is -0.225 e. The van der Waals surface area contributed by atoms with E-state index in [-0.39, 0.29) is 5.41 Å². The van der Waals surface area contributed by atoms with Crippen LogP contribution in [0.25, 0.3) is 0 Å². The minimum atomic E-state index is -2.99. The Morgan fingerprint density at radius 2 is 2.15 bits per heavy atom. The van der Waals surface area contributed by atoms with Crippen LogP contribution >= 0.6 is 11.6 Å². The van der Waals surface area contributed by atoms with Crippen LogP contribution in [0.4, 0.5) is 0 Å². The topological polar surface area (TPSA) is 34.1 Å². The lowest BCUT2D eigenvalue weighted by atomic mass is 9.60. The van der Waals surface area contributed by atoms with Gasteiger partial charge < -0.3 is 0 Å². The van der Waals surface area contributed by atoms with Gasteiger partial charge in [0.15, 0.2) is 9.84 Å². The Balaban J connectivity index is 2.86. The molecule has 0 N–H and O–H groups in total. The molecule has 0 aliphatic heterocycles. The molecule has 0 saturated heterocycles. The first-order valence-electron chi connectivity index (χ1n) is 4.24. The summed E-state index contributed by atoms with van der Waals surface area (Å²) in [4.78, 5) is 0. The van der Waals surface area contributed by atoms with E-state index in [2.05, 4.69) is 0 Å². The van der Waals surface area contributed by atoms with Gasteiger partial charge in [-0.15, -0.1) is 11.6 Å². The zero-order valence-electron chi connectivity index (χ0n) is 8.17. The fraction of sp³-hybridized carbons (Fsp3) is 0.778. The predicted molar refractivity (Wildman–Crippen MR) is 55.5 cm³/mol. The molecule has 1 atom stereocenters. The molecule has 1 rings (SSSR count). The number of allylic oxidation sites excluding steroid dienone is 1. The van der Waals surface area contributed by atoms with Crippen LogP contribution in [0.1, 0.15) is 20.3 Å². The average Bonchev–Trinajstić information content (AvgIpc) is 1.95. The van der Waals surface area contributed by atoms with E-state index in [0.29, 0.717) is 11.8 Å². The van der Waals surface area contributed by atoms with E-state index in [0.717, 1.165) is 12.0 Å². The van der Waals surface area contributed by atoms with Crippen molar-refractivity contribution in [3.8, 4) is 0 Å². The number of hydrogen-bond donors (Lipinski definition) is 0. The van der Waals surface area contributed by atoms with E-state index >= 15 is 0 Å². The summed E-state index contributed by atoms with van der Waals surface area (Å²) in [5, 5.41) is 1.38. The van der Waals surface area contributed by atoms with Crippen LogP contribution in [-0.2, 0) is 9.84 Å². The van der Waals surface area contributed by atoms with Crippen molar-refractivity contribution in [2.45, 2.75) is 20.3 Å². The van der Waals surface area contributed by atoms with Crippen molar-refractivity contribution in [1.82, 2.24) is 0 Å². The quantitative estimate of drug-likeness (QED) is 0.672. The molecule has 1 aliphatic carbocycles. The molecule has 1 fully saturated rings. The van der Waals surface area contributed by atoms with Gasteiger partial charge in [-0.1, -0.05) is 19.4 Å². The molecule has 2 nitrogen and oxygen atoms in total. The SMILES string of the molecule is CC1(C)C(=CS(C)(=O)=O)CC1CCl. The molecule has 1 aliphatic rings. The van der Waals surface area contributed by atoms with Gasteiger partial charge in [-0.25, -0.2) is 8.42 Å². The number of hydrogen-bond acceptors (Lipinski definition) is 2. The van der Waals surface area contributed by atoms with Crippen LogP contribution in [-0.4, -0.2) is 20.6 Å². The summed E-state index contributed by atoms with van der Waals surface area (Å²) in [7, 11) is -2.99. The largest absolute Gasteiger partial charge is 0.225 e. The lowest BCUT2D eigenvalue weighted by molar-refractivity contribution is 0.191. The van der Waals surface area contributed by atoms with Crippen molar-refractivity contribution < 1.29 is 8.42 Å². The molecule has 0 amide bonds. The van der Waals surface area contributed by atoms with Crippen LogP contribution in [0.15, 0.2) is 11.0 Å². The maximum atomic E-state index is 11.0. The Morgan fingerprint density at radius 3 is 2.46 bits per heavy atom. The van der Waals surface area contributed by atoms with Crippen molar-refractivity contribution >= 4 is 21.4 Å². The lowest BCUT2D eigenvalue weighted by Gasteiger charge is -2.46. The maximum Gasteiger partial charge on any atom is 0.168 e. The van der Waals surface area contributed by atoms with Crippen molar-refractivity contribution in [3.05, 3.63) is 11.0 Å². The summed E-state index contributed by atoms with van der Waals surface area (Å²) >= 11 is 5.75. The Morgan fingerprint density at radius 1 is 1.62 bits per heavy atom. The standard InChI is InChI=1S/C9H15ClO2S/c1-9(2)7(5-10)4-8(9)6-13(3,11)12/h6-7H,4-5H2,1-3H3. The zero-order chi connectivity index (χ0) is 10.3. The number of alkyl halides is 1. The molecule has 1 saturated carbocycles. The van der Waals surface area contributed by atoms with E-state index in [1.54, 1.807) is 0 Å². The first-order valence-corrected chi connectivity index (χ1v) is 6.73. The smallest absolute Gasteiger partial charge is 0.168 e. The van der Waals surface area contributed by atoms with Crippen molar-refractivity contribution in [2.75, 3.05) is 12.1 Å². The van der Waals surface area contributed by atoms with Crippen LogP contribution in [0.3, 0.4) is 0 Å². The first kappa shape index (κ1) is 11.1. The molecule has 0 spiro atoms. The van der Waals surface area contributed by atoms with E-state index in [4.69, 9.17) is 11.6 Å². The van der Waals surface area contributed by atoms with Crippen LogP contribution in [0.2, 0.25) is 0 Å². The maximum absolute atomic E-state index is 11.0. The minimum absolute atomic E-state index is 0.0369. The monoisotopic (exact) mass is 222 g/mol. The molecule has 0 bridgehead atoms. The third-order valence-electron chi connectivity index (χ3n) is 2.86. The molecule has 0 radical (unpaired) electrons. The highest BCUT2D eigenvalue weighted by Gasteiger charge is 2.43. The lowest BCUT2D eigenvalue weighted by Crippen LogP contribution is -2.39. The normalized spacial score (nSPS) is 30.2. The van der Waals surface area contributed by atoms with Gasteiger partial charge >= 0.3 is 0 Å². The summed E-state index contributed by atoms with van der Waals surface area (Å²) in [5.41, 5.74) is 0.964. The van der Waals surface area contributed by atoms with Crippen molar-refractivity contribution in [2.24, 2.45) is 11.3 Å². The van der Waals surface area contributed by atoms with E-state index in [1.807, 2.05) is 13.8 Å². The zero-order valence-corrected chi connectivity index (χ0v) is 9.74. The Labute approximate surface area is 84.9 Å². The number of sulfone groups is 1. The van der Waals surface area contributed by atoms with Crippen molar-refractivity contribution in [1.29, 1.82) is 0 Å². The molecular formula is C9H15ClO2S. The fourth-order valence-electron chi connectivity index (χ4n) is 1.62. The van der Waals surface area contributed by atoms with Crippen LogP contribution < -0.4 is 0 Å². The first-order chi connectivity index (χ1) is 5.77. The summed E-state index contributed by atoms with van der Waals surface area (Å²) in [5.74, 6) is 1.02. The van der Waals surface area contributed by atoms with Crippen molar-refractivity contribution in [3.63, 3.8) is 0 Å². The second-order valence-corrected chi connectivity index (χ2v) is 6.45. The Bertz CT molecular complexity index is 328. The Kier molecular flexibility index (Phi) is 2.79. The van der Waals surface area contributed by atoms with E-state index < -0.39 is 9.84 Å². The van der Waals surface area contributed by atoms with E-state index in [1.165, 1.54) is 11.7 Å². The molecule has 0 aromatic carbocycles. The van der Waals surface area contributed by atoms with Gasteiger partial charge in [0, 0.05) is 17.5 Å². The van der Waals surface area contributed by atoms with E-state index in [9.17, 15) is 8.42 Å². The number of rotatable bonds is 2. The second-order valence-electron chi connectivity index (χ2n) is 4.25. The van der Waals surface area contributed by atoms with Gasteiger partial charge in [0.05, 0.1) is 0 Å². The molecule has 13 heavy (non-hydrogen) atoms. The molecule has 76 valence electrons. The van der Waals surface area contributed by atoms with Gasteiger partial charge in [-0.2, -0.15) is 0 Å². The third kappa shape index (κ3) is 2.26. The van der Waals surface area contributed by atoms with Crippen LogP contribution in [0, 0.1) is 11.3 Å². The van der Waals surface area contributed by atoms with Gasteiger partial charge in [-0.05, 0) is 17.8 Å². The second kappa shape index (κ2) is 3.28. The van der Waals surface area contributed by atoms with Gasteiger partial charge in [0.25, 0.3) is 0 Å². The summed E-state index contributed by atoms with van der Waals surface area (Å²) in [6.45, 7) is 4.08. The molecule has 1 unspecified atom stereocenters. The Hall–Kier alpha value is -0.0200. The van der Waals surface area contributed by atoms with Gasteiger partial charge in [0.1, 0.15) is 0 Å². The highest BCUT2D eigenvalue weighted by atomic mass is 35.5. The highest BCUT2D eigenvalue weighted by molar-refractivity contribution is 7.93. The molecule has 4 heteroatoms. The molecule has 0 heterocycles. The highest BCUT2D eigenvalue weighted by Crippen LogP contribution is 2.51. The summed E-state index contributed by atoms with van der Waals surface area (Å²) in [6.07, 6.45) is 2.05. The third-order valence-corrected chi connectivity index (χ3v) is 3.94. The summed E-state index contributed by atoms with van der Waals surface area (Å²) < 4.78 is 22.0. The molecule has 0 aromatic rings. The predicted octanol–water partition coefficient (Wildman–Crippen LogP) is 2.20. The van der Waals surface area contributed by atoms with Crippen LogP contribution in [0.5, 0.6) is 0 Å². The fourth-order valence-corrected chi connectivity index (χ4v) is 3.03. The number of halogens is 1. The van der Waals surface area contributed by atoms with Gasteiger partial charge in [-0.3, -0.25) is 0 Å². The molecular weight excluding hydrogens is 208 g/mol. The average molecular weight is 223 g/mol. The molecule has 0 aromatic heterocycles. The van der Waals surface area contributed by atoms with Gasteiger partial charge in [0.2, 0.25) is 0 Å².